The highest BCUT2D eigenvalue weighted by molar-refractivity contribution is 4.81. The lowest BCUT2D eigenvalue weighted by molar-refractivity contribution is 0.105. The fourth-order valence-corrected chi connectivity index (χ4v) is 3.61. The van der Waals surface area contributed by atoms with Crippen LogP contribution in [0.3, 0.4) is 0 Å². The maximum atomic E-state index is 2.73. The first-order valence-corrected chi connectivity index (χ1v) is 7.55. The summed E-state index contributed by atoms with van der Waals surface area (Å²) in [6.07, 6.45) is 8.64. The van der Waals surface area contributed by atoms with Crippen molar-refractivity contribution >= 4 is 0 Å². The maximum Gasteiger partial charge on any atom is 0.0113 e. The van der Waals surface area contributed by atoms with Gasteiger partial charge in [-0.1, -0.05) is 26.2 Å². The molecule has 0 aromatic heterocycles. The van der Waals surface area contributed by atoms with Crippen molar-refractivity contribution in [3.05, 3.63) is 0 Å². The smallest absolute Gasteiger partial charge is 0.0113 e. The van der Waals surface area contributed by atoms with Gasteiger partial charge in [0.05, 0.1) is 0 Å². The van der Waals surface area contributed by atoms with Gasteiger partial charge in [-0.2, -0.15) is 0 Å². The molecule has 1 heterocycles. The molecule has 0 amide bonds. The second-order valence-electron chi connectivity index (χ2n) is 6.52. The molecule has 0 aromatic rings. The molecule has 2 nitrogen and oxygen atoms in total. The molecule has 1 aliphatic heterocycles. The molecule has 1 aliphatic carbocycles. The third-order valence-electron chi connectivity index (χ3n) is 5.07. The van der Waals surface area contributed by atoms with Crippen LogP contribution in [0.15, 0.2) is 0 Å². The summed E-state index contributed by atoms with van der Waals surface area (Å²) in [7, 11) is 4.45. The van der Waals surface area contributed by atoms with Crippen LogP contribution in [0.25, 0.3) is 0 Å². The van der Waals surface area contributed by atoms with Gasteiger partial charge in [-0.05, 0) is 58.3 Å². The highest BCUT2D eigenvalue weighted by Crippen LogP contribution is 2.30. The number of rotatable bonds is 3. The Bertz CT molecular complexity index is 219. The van der Waals surface area contributed by atoms with E-state index in [0.29, 0.717) is 0 Å². The van der Waals surface area contributed by atoms with Gasteiger partial charge in [0.1, 0.15) is 0 Å². The molecule has 1 saturated heterocycles. The molecular formula is C15H30N2. The van der Waals surface area contributed by atoms with Crippen LogP contribution in [0, 0.1) is 11.8 Å². The third-order valence-corrected chi connectivity index (χ3v) is 5.07. The van der Waals surface area contributed by atoms with Crippen molar-refractivity contribution in [3.8, 4) is 0 Å². The Morgan fingerprint density at radius 2 is 1.65 bits per heavy atom. The van der Waals surface area contributed by atoms with E-state index in [0.717, 1.165) is 17.9 Å². The van der Waals surface area contributed by atoms with Crippen molar-refractivity contribution in [2.45, 2.75) is 51.5 Å². The lowest BCUT2D eigenvalue weighted by Gasteiger charge is -2.39. The molecule has 1 saturated carbocycles. The Balaban J connectivity index is 1.73. The molecule has 17 heavy (non-hydrogen) atoms. The Hall–Kier alpha value is -0.0800. The first kappa shape index (κ1) is 13.4. The van der Waals surface area contributed by atoms with Gasteiger partial charge in [-0.3, -0.25) is 0 Å². The molecule has 0 spiro atoms. The molecule has 2 unspecified atom stereocenters. The Kier molecular flexibility index (Phi) is 4.87. The Morgan fingerprint density at radius 1 is 1.00 bits per heavy atom. The lowest BCUT2D eigenvalue weighted by atomic mass is 9.80. The fraction of sp³-hybridized carbons (Fsp3) is 1.00. The number of piperidine rings is 1. The van der Waals surface area contributed by atoms with Crippen LogP contribution >= 0.6 is 0 Å². The van der Waals surface area contributed by atoms with Crippen molar-refractivity contribution < 1.29 is 0 Å². The van der Waals surface area contributed by atoms with Crippen LogP contribution in [0.2, 0.25) is 0 Å². The highest BCUT2D eigenvalue weighted by atomic mass is 15.2. The van der Waals surface area contributed by atoms with Crippen LogP contribution in [0.1, 0.15) is 45.4 Å². The second kappa shape index (κ2) is 6.19. The fourth-order valence-electron chi connectivity index (χ4n) is 3.61. The summed E-state index contributed by atoms with van der Waals surface area (Å²) in [5, 5.41) is 0. The van der Waals surface area contributed by atoms with Gasteiger partial charge in [0.2, 0.25) is 0 Å². The summed E-state index contributed by atoms with van der Waals surface area (Å²) < 4.78 is 0. The molecule has 0 N–H and O–H groups in total. The number of hydrogen-bond donors (Lipinski definition) is 0. The van der Waals surface area contributed by atoms with E-state index in [9.17, 15) is 0 Å². The van der Waals surface area contributed by atoms with E-state index in [1.54, 1.807) is 0 Å². The summed E-state index contributed by atoms with van der Waals surface area (Å²) >= 11 is 0. The normalized spacial score (nSPS) is 33.2. The van der Waals surface area contributed by atoms with Gasteiger partial charge >= 0.3 is 0 Å². The zero-order valence-electron chi connectivity index (χ0n) is 12.0. The minimum absolute atomic E-state index is 0.829. The predicted octanol–water partition coefficient (Wildman–Crippen LogP) is 2.84. The quantitative estimate of drug-likeness (QED) is 0.746. The van der Waals surface area contributed by atoms with Crippen LogP contribution in [0.5, 0.6) is 0 Å². The topological polar surface area (TPSA) is 6.48 Å². The third kappa shape index (κ3) is 3.69. The van der Waals surface area contributed by atoms with Crippen LogP contribution < -0.4 is 0 Å². The monoisotopic (exact) mass is 238 g/mol. The van der Waals surface area contributed by atoms with Crippen molar-refractivity contribution in [3.63, 3.8) is 0 Å². The predicted molar refractivity (Wildman–Crippen MR) is 74.3 cm³/mol. The number of likely N-dealkylation sites (tertiary alicyclic amines) is 1. The number of nitrogens with zero attached hydrogens (tertiary/aromatic N) is 2. The van der Waals surface area contributed by atoms with Crippen LogP contribution in [0.4, 0.5) is 0 Å². The Morgan fingerprint density at radius 3 is 2.24 bits per heavy atom. The van der Waals surface area contributed by atoms with Crippen LogP contribution in [-0.2, 0) is 0 Å². The van der Waals surface area contributed by atoms with Gasteiger partial charge in [-0.25, -0.2) is 0 Å². The van der Waals surface area contributed by atoms with Gasteiger partial charge in [0, 0.05) is 12.6 Å². The zero-order chi connectivity index (χ0) is 12.3. The minimum atomic E-state index is 0.829. The molecule has 2 rings (SSSR count). The van der Waals surface area contributed by atoms with Gasteiger partial charge in [0.25, 0.3) is 0 Å². The first-order valence-electron chi connectivity index (χ1n) is 7.55. The molecule has 0 bridgehead atoms. The van der Waals surface area contributed by atoms with E-state index < -0.39 is 0 Å². The summed E-state index contributed by atoms with van der Waals surface area (Å²) in [5.74, 6) is 1.95. The SMILES string of the molecule is CC1CCCCC1CN1CCC(N(C)C)CC1. The molecule has 2 atom stereocenters. The summed E-state index contributed by atoms with van der Waals surface area (Å²) in [5.41, 5.74) is 0. The summed E-state index contributed by atoms with van der Waals surface area (Å²) in [6, 6.07) is 0.829. The molecule has 2 fully saturated rings. The molecule has 0 aromatic carbocycles. The average molecular weight is 238 g/mol. The molecule has 100 valence electrons. The highest BCUT2D eigenvalue weighted by Gasteiger charge is 2.26. The van der Waals surface area contributed by atoms with Gasteiger partial charge in [-0.15, -0.1) is 0 Å². The second-order valence-corrected chi connectivity index (χ2v) is 6.52. The van der Waals surface area contributed by atoms with Gasteiger partial charge in [0.15, 0.2) is 0 Å². The number of hydrogen-bond acceptors (Lipinski definition) is 2. The van der Waals surface area contributed by atoms with E-state index in [4.69, 9.17) is 0 Å². The standard InChI is InChI=1S/C15H30N2/c1-13-6-4-5-7-14(13)12-17-10-8-15(9-11-17)16(2)3/h13-15H,4-12H2,1-3H3. The summed E-state index contributed by atoms with van der Waals surface area (Å²) in [4.78, 5) is 5.13. The van der Waals surface area contributed by atoms with Crippen molar-refractivity contribution in [1.82, 2.24) is 9.80 Å². The van der Waals surface area contributed by atoms with Crippen molar-refractivity contribution in [1.29, 1.82) is 0 Å². The van der Waals surface area contributed by atoms with E-state index in [1.807, 2.05) is 0 Å². The Labute approximate surface area is 107 Å². The van der Waals surface area contributed by atoms with Gasteiger partial charge < -0.3 is 9.80 Å². The van der Waals surface area contributed by atoms with E-state index >= 15 is 0 Å². The summed E-state index contributed by atoms with van der Waals surface area (Å²) in [6.45, 7) is 6.50. The van der Waals surface area contributed by atoms with Crippen molar-refractivity contribution in [2.24, 2.45) is 11.8 Å². The molecule has 0 radical (unpaired) electrons. The van der Waals surface area contributed by atoms with Crippen LogP contribution in [-0.4, -0.2) is 49.6 Å². The van der Waals surface area contributed by atoms with Crippen molar-refractivity contribution in [2.75, 3.05) is 33.7 Å². The lowest BCUT2D eigenvalue weighted by Crippen LogP contribution is -2.44. The average Bonchev–Trinajstić information content (AvgIpc) is 2.33. The molecule has 2 heteroatoms. The molecular weight excluding hydrogens is 208 g/mol. The largest absolute Gasteiger partial charge is 0.306 e. The molecule has 2 aliphatic rings. The zero-order valence-corrected chi connectivity index (χ0v) is 12.0. The minimum Gasteiger partial charge on any atom is -0.306 e. The first-order chi connectivity index (χ1) is 8.16. The van der Waals surface area contributed by atoms with E-state index in [2.05, 4.69) is 30.8 Å². The van der Waals surface area contributed by atoms with E-state index in [-0.39, 0.29) is 0 Å². The van der Waals surface area contributed by atoms with E-state index in [1.165, 1.54) is 58.2 Å². The maximum absolute atomic E-state index is 2.73.